The van der Waals surface area contributed by atoms with Gasteiger partial charge in [0.1, 0.15) is 0 Å². The molecule has 2 heterocycles. The lowest BCUT2D eigenvalue weighted by atomic mass is 10.2. The third kappa shape index (κ3) is 3.53. The van der Waals surface area contributed by atoms with Crippen LogP contribution >= 0.6 is 11.8 Å². The number of hydrogen-bond acceptors (Lipinski definition) is 4. The monoisotopic (exact) mass is 343 g/mol. The Morgan fingerprint density at radius 2 is 2.21 bits per heavy atom. The number of para-hydroxylation sites is 1. The molecule has 0 saturated heterocycles. The van der Waals surface area contributed by atoms with Crippen molar-refractivity contribution in [3.63, 3.8) is 0 Å². The molecule has 24 heavy (non-hydrogen) atoms. The number of fused-ring (bicyclic) bond motifs is 1. The first-order valence-electron chi connectivity index (χ1n) is 8.24. The molecule has 0 unspecified atom stereocenters. The molecular formula is C18H21N3O2S. The van der Waals surface area contributed by atoms with Gasteiger partial charge in [-0.3, -0.25) is 9.59 Å². The number of H-pyrrole nitrogens is 1. The fraction of sp³-hybridized carbons (Fsp3) is 0.389. The van der Waals surface area contributed by atoms with E-state index in [9.17, 15) is 9.59 Å². The normalized spacial score (nSPS) is 14.5. The molecule has 0 aliphatic carbocycles. The van der Waals surface area contributed by atoms with Crippen molar-refractivity contribution in [2.75, 3.05) is 11.4 Å². The maximum absolute atomic E-state index is 12.8. The molecule has 1 aliphatic heterocycles. The first-order chi connectivity index (χ1) is 11.6. The molecule has 3 rings (SSSR count). The second-order valence-corrected chi connectivity index (χ2v) is 7.25. The van der Waals surface area contributed by atoms with Gasteiger partial charge in [0, 0.05) is 24.0 Å². The second kappa shape index (κ2) is 7.21. The van der Waals surface area contributed by atoms with Gasteiger partial charge < -0.3 is 9.88 Å². The summed E-state index contributed by atoms with van der Waals surface area (Å²) in [6.07, 6.45) is 2.58. The average Bonchev–Trinajstić information content (AvgIpc) is 2.98. The van der Waals surface area contributed by atoms with Gasteiger partial charge in [-0.2, -0.15) is 0 Å². The molecule has 2 aromatic rings. The van der Waals surface area contributed by atoms with Gasteiger partial charge in [-0.15, -0.1) is 0 Å². The van der Waals surface area contributed by atoms with E-state index in [0.717, 1.165) is 30.6 Å². The zero-order valence-electron chi connectivity index (χ0n) is 13.9. The summed E-state index contributed by atoms with van der Waals surface area (Å²) in [4.78, 5) is 33.6. The minimum Gasteiger partial charge on any atom is -0.311 e. The van der Waals surface area contributed by atoms with Gasteiger partial charge in [0.25, 0.3) is 5.56 Å². The molecule has 6 heteroatoms. The van der Waals surface area contributed by atoms with Crippen molar-refractivity contribution in [1.29, 1.82) is 0 Å². The summed E-state index contributed by atoms with van der Waals surface area (Å²) in [5.41, 5.74) is 2.81. The van der Waals surface area contributed by atoms with E-state index in [0.29, 0.717) is 11.7 Å². The van der Waals surface area contributed by atoms with E-state index < -0.39 is 0 Å². The molecule has 1 N–H and O–H groups in total. The molecule has 1 aromatic carbocycles. The van der Waals surface area contributed by atoms with Gasteiger partial charge in [-0.25, -0.2) is 4.98 Å². The van der Waals surface area contributed by atoms with Crippen LogP contribution in [0.1, 0.15) is 31.5 Å². The van der Waals surface area contributed by atoms with E-state index in [1.807, 2.05) is 36.9 Å². The van der Waals surface area contributed by atoms with Crippen LogP contribution in [0.25, 0.3) is 0 Å². The van der Waals surface area contributed by atoms with Crippen LogP contribution in [0.3, 0.4) is 0 Å². The molecule has 1 amide bonds. The van der Waals surface area contributed by atoms with Crippen LogP contribution in [-0.4, -0.2) is 27.7 Å². The first kappa shape index (κ1) is 16.8. The molecule has 0 bridgehead atoms. The number of aryl methyl sites for hydroxylation is 1. The maximum atomic E-state index is 12.8. The zero-order chi connectivity index (χ0) is 17.1. The number of thioether (sulfide) groups is 1. The largest absolute Gasteiger partial charge is 0.311 e. The lowest BCUT2D eigenvalue weighted by Gasteiger charge is -2.21. The fourth-order valence-corrected chi connectivity index (χ4v) is 3.82. The highest BCUT2D eigenvalue weighted by atomic mass is 32.2. The molecule has 5 nitrogen and oxygen atoms in total. The highest BCUT2D eigenvalue weighted by molar-refractivity contribution is 8.00. The van der Waals surface area contributed by atoms with Crippen LogP contribution in [-0.2, 0) is 17.6 Å². The second-order valence-electron chi connectivity index (χ2n) is 5.92. The number of nitrogens with one attached hydrogen (secondary N) is 1. The molecule has 1 aliphatic rings. The van der Waals surface area contributed by atoms with Gasteiger partial charge >= 0.3 is 0 Å². The highest BCUT2D eigenvalue weighted by Gasteiger charge is 2.28. The predicted molar refractivity (Wildman–Crippen MR) is 96.7 cm³/mol. The molecule has 0 radical (unpaired) electrons. The van der Waals surface area contributed by atoms with E-state index in [1.54, 1.807) is 0 Å². The number of hydrogen-bond donors (Lipinski definition) is 1. The van der Waals surface area contributed by atoms with E-state index >= 15 is 0 Å². The van der Waals surface area contributed by atoms with Crippen molar-refractivity contribution in [2.24, 2.45) is 0 Å². The fourth-order valence-electron chi connectivity index (χ4n) is 2.93. The summed E-state index contributed by atoms with van der Waals surface area (Å²) >= 11 is 1.31. The summed E-state index contributed by atoms with van der Waals surface area (Å²) < 4.78 is 0. The lowest BCUT2D eigenvalue weighted by molar-refractivity contribution is -0.117. The third-order valence-electron chi connectivity index (χ3n) is 4.07. The van der Waals surface area contributed by atoms with Crippen LogP contribution in [0, 0.1) is 0 Å². The van der Waals surface area contributed by atoms with Crippen molar-refractivity contribution in [1.82, 2.24) is 9.97 Å². The minimum absolute atomic E-state index is 0.0495. The Bertz CT molecular complexity index is 803. The predicted octanol–water partition coefficient (Wildman–Crippen LogP) is 2.79. The minimum atomic E-state index is -0.309. The number of benzene rings is 1. The standard InChI is InChI=1S/C18H21N3O2S/c1-3-6-14-11-16(22)20-18(19-14)24-12(2)17(23)21-10-9-13-7-4-5-8-15(13)21/h4-5,7-8,11-12H,3,6,9-10H2,1-2H3,(H,19,20,22)/t12-/m1/s1. The van der Waals surface area contributed by atoms with E-state index in [-0.39, 0.29) is 16.7 Å². The Balaban J connectivity index is 1.75. The third-order valence-corrected chi connectivity index (χ3v) is 5.04. The molecule has 1 aromatic heterocycles. The Kier molecular flexibility index (Phi) is 5.04. The molecule has 0 spiro atoms. The van der Waals surface area contributed by atoms with Gasteiger partial charge in [0.2, 0.25) is 5.91 Å². The van der Waals surface area contributed by atoms with E-state index in [2.05, 4.69) is 16.0 Å². The van der Waals surface area contributed by atoms with Crippen molar-refractivity contribution in [3.8, 4) is 0 Å². The van der Waals surface area contributed by atoms with Crippen molar-refractivity contribution >= 4 is 23.4 Å². The van der Waals surface area contributed by atoms with Crippen LogP contribution in [0.15, 0.2) is 40.3 Å². The Labute approximate surface area is 145 Å². The topological polar surface area (TPSA) is 66.1 Å². The van der Waals surface area contributed by atoms with Crippen LogP contribution in [0.4, 0.5) is 5.69 Å². The van der Waals surface area contributed by atoms with E-state index in [4.69, 9.17) is 0 Å². The lowest BCUT2D eigenvalue weighted by Crippen LogP contribution is -2.35. The van der Waals surface area contributed by atoms with Crippen molar-refractivity contribution < 1.29 is 4.79 Å². The summed E-state index contributed by atoms with van der Waals surface area (Å²) in [5, 5.41) is 0.204. The molecular weight excluding hydrogens is 322 g/mol. The summed E-state index contributed by atoms with van der Waals surface area (Å²) in [5.74, 6) is 0.0495. The van der Waals surface area contributed by atoms with Crippen molar-refractivity contribution in [3.05, 3.63) is 51.9 Å². The smallest absolute Gasteiger partial charge is 0.251 e. The van der Waals surface area contributed by atoms with Gasteiger partial charge in [0.05, 0.1) is 5.25 Å². The van der Waals surface area contributed by atoms with Crippen LogP contribution < -0.4 is 10.5 Å². The summed E-state index contributed by atoms with van der Waals surface area (Å²) in [6.45, 7) is 4.62. The first-order valence-corrected chi connectivity index (χ1v) is 9.12. The Morgan fingerprint density at radius 3 is 3.00 bits per heavy atom. The maximum Gasteiger partial charge on any atom is 0.251 e. The summed E-state index contributed by atoms with van der Waals surface area (Å²) in [7, 11) is 0. The number of rotatable bonds is 5. The molecule has 0 fully saturated rings. The summed E-state index contributed by atoms with van der Waals surface area (Å²) in [6, 6.07) is 9.53. The number of amides is 1. The number of aromatic amines is 1. The van der Waals surface area contributed by atoms with Crippen molar-refractivity contribution in [2.45, 2.75) is 43.5 Å². The van der Waals surface area contributed by atoms with Gasteiger partial charge in [0.15, 0.2) is 5.16 Å². The number of aromatic nitrogens is 2. The van der Waals surface area contributed by atoms with Gasteiger partial charge in [-0.05, 0) is 31.4 Å². The molecule has 0 saturated carbocycles. The number of carbonyl (C=O) groups is 1. The SMILES string of the molecule is CCCc1cc(=O)[nH]c(S[C@H](C)C(=O)N2CCc3ccccc32)n1. The number of anilines is 1. The van der Waals surface area contributed by atoms with E-state index in [1.165, 1.54) is 23.4 Å². The van der Waals surface area contributed by atoms with Gasteiger partial charge in [-0.1, -0.05) is 43.3 Å². The Morgan fingerprint density at radius 1 is 1.42 bits per heavy atom. The zero-order valence-corrected chi connectivity index (χ0v) is 14.7. The molecule has 126 valence electrons. The highest BCUT2D eigenvalue weighted by Crippen LogP contribution is 2.30. The Hall–Kier alpha value is -2.08. The average molecular weight is 343 g/mol. The quantitative estimate of drug-likeness (QED) is 0.670. The molecule has 1 atom stereocenters. The number of nitrogens with zero attached hydrogens (tertiary/aromatic N) is 2. The van der Waals surface area contributed by atoms with Crippen LogP contribution in [0.5, 0.6) is 0 Å². The van der Waals surface area contributed by atoms with Crippen LogP contribution in [0.2, 0.25) is 0 Å². The number of carbonyl (C=O) groups excluding carboxylic acids is 1.